The molecule has 0 amide bonds. The first-order valence-corrected chi connectivity index (χ1v) is 16.0. The minimum Gasteiger partial charge on any atom is -0.481 e. The second-order valence-corrected chi connectivity index (χ2v) is 13.2. The van der Waals surface area contributed by atoms with Crippen LogP contribution < -0.4 is 0 Å². The number of carbonyl (C=O) groups is 3. The van der Waals surface area contributed by atoms with Crippen molar-refractivity contribution >= 4 is 17.9 Å². The smallest absolute Gasteiger partial charge is 0.310 e. The summed E-state index contributed by atoms with van der Waals surface area (Å²) in [5.41, 5.74) is 6.42. The summed E-state index contributed by atoms with van der Waals surface area (Å²) in [6.45, 7) is 18.2. The van der Waals surface area contributed by atoms with E-state index < -0.39 is 35.7 Å². The lowest BCUT2D eigenvalue weighted by Crippen LogP contribution is -2.07. The third-order valence-corrected chi connectivity index (χ3v) is 7.48. The van der Waals surface area contributed by atoms with E-state index in [-0.39, 0.29) is 0 Å². The highest BCUT2D eigenvalue weighted by Gasteiger charge is 2.14. The van der Waals surface area contributed by atoms with E-state index in [1.165, 1.54) is 16.7 Å². The zero-order chi connectivity index (χ0) is 34.3. The molecule has 0 aliphatic heterocycles. The lowest BCUT2D eigenvalue weighted by Gasteiger charge is -2.09. The van der Waals surface area contributed by atoms with E-state index in [0.29, 0.717) is 17.8 Å². The first kappa shape index (κ1) is 39.1. The lowest BCUT2D eigenvalue weighted by atomic mass is 9.97. The second kappa shape index (κ2) is 19.5. The molecule has 0 spiro atoms. The molecule has 0 aromatic heterocycles. The number of rotatable bonds is 12. The van der Waals surface area contributed by atoms with Crippen LogP contribution in [0.1, 0.15) is 113 Å². The SMILES string of the molecule is CC(C)Cc1ccc(C(C)C(=O)O)cc1.CC(C)Cc1ccc(C(C)C(=O)O)cc1.CC(C)Cc1ccc(C(C)C(=O)O)cc1. The molecule has 0 radical (unpaired) electrons. The highest BCUT2D eigenvalue weighted by Crippen LogP contribution is 2.19. The van der Waals surface area contributed by atoms with Gasteiger partial charge in [0.05, 0.1) is 17.8 Å². The fourth-order valence-electron chi connectivity index (χ4n) is 4.67. The van der Waals surface area contributed by atoms with Crippen molar-refractivity contribution in [3.05, 3.63) is 106 Å². The highest BCUT2D eigenvalue weighted by atomic mass is 16.4. The van der Waals surface area contributed by atoms with Crippen LogP contribution in [0.5, 0.6) is 0 Å². The van der Waals surface area contributed by atoms with E-state index in [0.717, 1.165) is 36.0 Å². The van der Waals surface area contributed by atoms with Crippen molar-refractivity contribution in [2.24, 2.45) is 17.8 Å². The average Bonchev–Trinajstić information content (AvgIpc) is 2.97. The molecule has 0 aliphatic rings. The summed E-state index contributed by atoms with van der Waals surface area (Å²) >= 11 is 0. The van der Waals surface area contributed by atoms with Gasteiger partial charge in [-0.25, -0.2) is 0 Å². The summed E-state index contributed by atoms with van der Waals surface area (Å²) < 4.78 is 0. The number of hydrogen-bond acceptors (Lipinski definition) is 3. The van der Waals surface area contributed by atoms with Gasteiger partial charge in [-0.1, -0.05) is 114 Å². The van der Waals surface area contributed by atoms with Gasteiger partial charge >= 0.3 is 17.9 Å². The molecule has 3 rings (SSSR count). The normalized spacial score (nSPS) is 12.8. The molecule has 3 N–H and O–H groups in total. The molecule has 6 nitrogen and oxygen atoms in total. The zero-order valence-corrected chi connectivity index (χ0v) is 28.6. The van der Waals surface area contributed by atoms with Crippen LogP contribution in [0, 0.1) is 17.8 Å². The van der Waals surface area contributed by atoms with Crippen LogP contribution >= 0.6 is 0 Å². The van der Waals surface area contributed by atoms with E-state index in [4.69, 9.17) is 15.3 Å². The fraction of sp³-hybridized carbons (Fsp3) is 0.462. The molecule has 3 unspecified atom stereocenters. The summed E-state index contributed by atoms with van der Waals surface area (Å²) in [5, 5.41) is 26.6. The molecule has 0 saturated heterocycles. The summed E-state index contributed by atoms with van der Waals surface area (Å²) in [4.78, 5) is 32.3. The lowest BCUT2D eigenvalue weighted by molar-refractivity contribution is -0.139. The number of benzene rings is 3. The van der Waals surface area contributed by atoms with Crippen LogP contribution in [0.15, 0.2) is 72.8 Å². The predicted molar refractivity (Wildman–Crippen MR) is 183 cm³/mol. The van der Waals surface area contributed by atoms with Crippen molar-refractivity contribution < 1.29 is 29.7 Å². The molecule has 3 aromatic carbocycles. The molecule has 0 bridgehead atoms. The molecular weight excluding hydrogens is 564 g/mol. The van der Waals surface area contributed by atoms with Crippen LogP contribution in [-0.4, -0.2) is 33.2 Å². The zero-order valence-electron chi connectivity index (χ0n) is 28.6. The number of hydrogen-bond donors (Lipinski definition) is 3. The van der Waals surface area contributed by atoms with Crippen molar-refractivity contribution in [1.82, 2.24) is 0 Å². The highest BCUT2D eigenvalue weighted by molar-refractivity contribution is 5.76. The van der Waals surface area contributed by atoms with Gasteiger partial charge in [0.1, 0.15) is 0 Å². The number of carboxylic acid groups (broad SMARTS) is 3. The quantitative estimate of drug-likeness (QED) is 0.187. The Morgan fingerprint density at radius 3 is 0.711 bits per heavy atom. The Hall–Kier alpha value is -3.93. The van der Waals surface area contributed by atoms with Crippen molar-refractivity contribution in [3.63, 3.8) is 0 Å². The maximum absolute atomic E-state index is 10.8. The minimum absolute atomic E-state index is 0.418. The molecular formula is C39H54O6. The second-order valence-electron chi connectivity index (χ2n) is 13.2. The Labute approximate surface area is 270 Å². The molecule has 0 fully saturated rings. The van der Waals surface area contributed by atoms with Gasteiger partial charge in [-0.05, 0) is 91.2 Å². The summed E-state index contributed by atoms with van der Waals surface area (Å²) in [5.74, 6) is -1.67. The van der Waals surface area contributed by atoms with Gasteiger partial charge in [-0.2, -0.15) is 0 Å². The van der Waals surface area contributed by atoms with E-state index in [1.807, 2.05) is 72.8 Å². The van der Waals surface area contributed by atoms with Gasteiger partial charge in [-0.3, -0.25) is 14.4 Å². The van der Waals surface area contributed by atoms with Crippen molar-refractivity contribution in [1.29, 1.82) is 0 Å². The third kappa shape index (κ3) is 15.1. The van der Waals surface area contributed by atoms with Gasteiger partial charge in [0.15, 0.2) is 0 Å². The van der Waals surface area contributed by atoms with E-state index in [9.17, 15) is 14.4 Å². The van der Waals surface area contributed by atoms with E-state index in [1.54, 1.807) is 20.8 Å². The molecule has 6 heteroatoms. The van der Waals surface area contributed by atoms with Crippen LogP contribution in [-0.2, 0) is 33.6 Å². The molecule has 0 heterocycles. The number of aliphatic carboxylic acids is 3. The van der Waals surface area contributed by atoms with Gasteiger partial charge in [0.2, 0.25) is 0 Å². The van der Waals surface area contributed by atoms with E-state index >= 15 is 0 Å². The summed E-state index contributed by atoms with van der Waals surface area (Å²) in [7, 11) is 0. The standard InChI is InChI=1S/3C13H18O2/c3*1-9(2)8-11-4-6-12(7-5-11)10(3)13(14)15/h3*4-7,9-10H,8H2,1-3H3,(H,14,15). The monoisotopic (exact) mass is 618 g/mol. The van der Waals surface area contributed by atoms with Crippen LogP contribution in [0.3, 0.4) is 0 Å². The summed E-state index contributed by atoms with van der Waals surface area (Å²) in [6, 6.07) is 23.6. The van der Waals surface area contributed by atoms with Gasteiger partial charge in [0, 0.05) is 0 Å². The fourth-order valence-corrected chi connectivity index (χ4v) is 4.67. The Kier molecular flexibility index (Phi) is 16.9. The maximum atomic E-state index is 10.8. The molecule has 246 valence electrons. The Bertz CT molecular complexity index is 1140. The third-order valence-electron chi connectivity index (χ3n) is 7.48. The average molecular weight is 619 g/mol. The van der Waals surface area contributed by atoms with Crippen molar-refractivity contribution in [3.8, 4) is 0 Å². The maximum Gasteiger partial charge on any atom is 0.310 e. The van der Waals surface area contributed by atoms with Crippen molar-refractivity contribution in [2.75, 3.05) is 0 Å². The van der Waals surface area contributed by atoms with Crippen LogP contribution in [0.4, 0.5) is 0 Å². The molecule has 0 aliphatic carbocycles. The molecule has 3 atom stereocenters. The first-order chi connectivity index (χ1) is 21.0. The van der Waals surface area contributed by atoms with Gasteiger partial charge in [0.25, 0.3) is 0 Å². The van der Waals surface area contributed by atoms with Crippen LogP contribution in [0.2, 0.25) is 0 Å². The van der Waals surface area contributed by atoms with Crippen LogP contribution in [0.25, 0.3) is 0 Å². The minimum atomic E-state index is -0.772. The van der Waals surface area contributed by atoms with Crippen molar-refractivity contribution in [2.45, 2.75) is 99.3 Å². The van der Waals surface area contributed by atoms with E-state index in [2.05, 4.69) is 41.5 Å². The number of carboxylic acids is 3. The van der Waals surface area contributed by atoms with Gasteiger partial charge < -0.3 is 15.3 Å². The summed E-state index contributed by atoms with van der Waals surface area (Å²) in [6.07, 6.45) is 3.13. The topological polar surface area (TPSA) is 112 Å². The first-order valence-electron chi connectivity index (χ1n) is 16.0. The molecule has 0 saturated carbocycles. The molecule has 3 aromatic rings. The Morgan fingerprint density at radius 2 is 0.578 bits per heavy atom. The Morgan fingerprint density at radius 1 is 0.400 bits per heavy atom. The predicted octanol–water partition coefficient (Wildman–Crippen LogP) is 9.22. The Balaban J connectivity index is 0.000000337. The van der Waals surface area contributed by atoms with Gasteiger partial charge in [-0.15, -0.1) is 0 Å². The largest absolute Gasteiger partial charge is 0.481 e. The molecule has 45 heavy (non-hydrogen) atoms.